The minimum absolute atomic E-state index is 0.463. The van der Waals surface area contributed by atoms with E-state index in [1.165, 1.54) is 32.4 Å². The molecular formula is C26H26ClN3O3. The summed E-state index contributed by atoms with van der Waals surface area (Å²) in [5.41, 5.74) is 2.31. The number of rotatable bonds is 8. The Morgan fingerprint density at radius 2 is 1.76 bits per heavy atom. The summed E-state index contributed by atoms with van der Waals surface area (Å²) < 4.78 is 17.7. The number of fused-ring (bicyclic) bond motifs is 1. The zero-order valence-electron chi connectivity index (χ0n) is 18.4. The molecule has 1 fully saturated rings. The van der Waals surface area contributed by atoms with E-state index in [2.05, 4.69) is 14.9 Å². The van der Waals surface area contributed by atoms with E-state index in [1.807, 2.05) is 42.5 Å². The molecule has 4 aromatic rings. The highest BCUT2D eigenvalue weighted by molar-refractivity contribution is 6.30. The molecule has 33 heavy (non-hydrogen) atoms. The molecule has 2 aromatic carbocycles. The quantitative estimate of drug-likeness (QED) is 0.275. The van der Waals surface area contributed by atoms with Gasteiger partial charge in [0, 0.05) is 30.4 Å². The molecule has 5 rings (SSSR count). The first-order valence-electron chi connectivity index (χ1n) is 11.4. The number of likely N-dealkylation sites (tertiary alicyclic amines) is 1. The van der Waals surface area contributed by atoms with Crippen LogP contribution in [-0.4, -0.2) is 41.1 Å². The van der Waals surface area contributed by atoms with Crippen LogP contribution < -0.4 is 9.47 Å². The van der Waals surface area contributed by atoms with Gasteiger partial charge in [-0.15, -0.1) is 0 Å². The second-order valence-electron chi connectivity index (χ2n) is 8.19. The lowest BCUT2D eigenvalue weighted by molar-refractivity contribution is 0.205. The van der Waals surface area contributed by atoms with Gasteiger partial charge in [-0.2, -0.15) is 0 Å². The summed E-state index contributed by atoms with van der Waals surface area (Å²) in [5.74, 6) is 2.50. The number of hydrogen-bond acceptors (Lipinski definition) is 6. The normalized spacial score (nSPS) is 14.5. The molecule has 170 valence electrons. The summed E-state index contributed by atoms with van der Waals surface area (Å²) in [6.07, 6.45) is 6.61. The van der Waals surface area contributed by atoms with E-state index >= 15 is 0 Å². The number of oxazole rings is 1. The first-order chi connectivity index (χ1) is 16.2. The third-order valence-electron chi connectivity index (χ3n) is 5.72. The highest BCUT2D eigenvalue weighted by Gasteiger charge is 2.11. The van der Waals surface area contributed by atoms with Crippen LogP contribution >= 0.6 is 11.6 Å². The smallest absolute Gasteiger partial charge is 0.227 e. The Kier molecular flexibility index (Phi) is 6.74. The van der Waals surface area contributed by atoms with Crippen molar-refractivity contribution < 1.29 is 13.9 Å². The summed E-state index contributed by atoms with van der Waals surface area (Å²) in [5, 5.41) is 0.562. The predicted octanol–water partition coefficient (Wildman–Crippen LogP) is 6.59. The van der Waals surface area contributed by atoms with Gasteiger partial charge in [0.1, 0.15) is 17.0 Å². The van der Waals surface area contributed by atoms with Gasteiger partial charge in [-0.05, 0) is 74.8 Å². The Hall–Kier alpha value is -3.09. The Labute approximate surface area is 198 Å². The van der Waals surface area contributed by atoms with Gasteiger partial charge in [0.15, 0.2) is 5.58 Å². The maximum atomic E-state index is 5.98. The topological polar surface area (TPSA) is 60.6 Å². The highest BCUT2D eigenvalue weighted by atomic mass is 35.5. The maximum Gasteiger partial charge on any atom is 0.227 e. The largest absolute Gasteiger partial charge is 0.494 e. The van der Waals surface area contributed by atoms with E-state index < -0.39 is 0 Å². The van der Waals surface area contributed by atoms with Crippen molar-refractivity contribution >= 4 is 22.7 Å². The second kappa shape index (κ2) is 10.2. The Balaban J connectivity index is 1.19. The van der Waals surface area contributed by atoms with Gasteiger partial charge < -0.3 is 18.8 Å². The van der Waals surface area contributed by atoms with Gasteiger partial charge in [0.05, 0.1) is 11.6 Å². The molecule has 0 saturated carbocycles. The molecule has 1 aliphatic rings. The van der Waals surface area contributed by atoms with Gasteiger partial charge in [0.25, 0.3) is 0 Å². The van der Waals surface area contributed by atoms with Gasteiger partial charge in [-0.3, -0.25) is 0 Å². The molecule has 0 spiro atoms. The van der Waals surface area contributed by atoms with Crippen LogP contribution in [0.4, 0.5) is 0 Å². The van der Waals surface area contributed by atoms with Crippen molar-refractivity contribution in [2.24, 2.45) is 0 Å². The van der Waals surface area contributed by atoms with E-state index in [-0.39, 0.29) is 0 Å². The second-order valence-corrected chi connectivity index (χ2v) is 8.63. The minimum atomic E-state index is 0.463. The van der Waals surface area contributed by atoms with Gasteiger partial charge in [-0.25, -0.2) is 9.97 Å². The number of hydrogen-bond donors (Lipinski definition) is 0. The van der Waals surface area contributed by atoms with Crippen molar-refractivity contribution in [2.45, 2.75) is 25.7 Å². The van der Waals surface area contributed by atoms with E-state index in [0.717, 1.165) is 36.4 Å². The van der Waals surface area contributed by atoms with Crippen molar-refractivity contribution in [3.63, 3.8) is 0 Å². The molecule has 1 saturated heterocycles. The maximum absolute atomic E-state index is 5.98. The molecule has 6 nitrogen and oxygen atoms in total. The summed E-state index contributed by atoms with van der Waals surface area (Å²) in [4.78, 5) is 11.3. The lowest BCUT2D eigenvalue weighted by Crippen LogP contribution is -2.31. The fourth-order valence-corrected chi connectivity index (χ4v) is 4.10. The number of aromatic nitrogens is 2. The SMILES string of the molecule is Clc1ccc(Oc2ccc3nc(-c4ccc(OCCCN5CCCCC5)cc4)oc3c2)nc1. The summed E-state index contributed by atoms with van der Waals surface area (Å²) in [7, 11) is 0. The third-order valence-corrected chi connectivity index (χ3v) is 5.94. The molecule has 0 bridgehead atoms. The van der Waals surface area contributed by atoms with E-state index in [1.54, 1.807) is 18.3 Å². The van der Waals surface area contributed by atoms with Crippen LogP contribution in [0, 0.1) is 0 Å². The number of halogens is 1. The fourth-order valence-electron chi connectivity index (χ4n) is 3.99. The van der Waals surface area contributed by atoms with Crippen molar-refractivity contribution in [1.29, 1.82) is 0 Å². The lowest BCUT2D eigenvalue weighted by Gasteiger charge is -2.26. The summed E-state index contributed by atoms with van der Waals surface area (Å²) in [6.45, 7) is 4.29. The molecule has 0 radical (unpaired) electrons. The van der Waals surface area contributed by atoms with Crippen LogP contribution in [0.15, 0.2) is 65.2 Å². The molecule has 7 heteroatoms. The average molecular weight is 464 g/mol. The molecule has 1 aliphatic heterocycles. The van der Waals surface area contributed by atoms with Crippen LogP contribution in [0.5, 0.6) is 17.4 Å². The Morgan fingerprint density at radius 1 is 0.939 bits per heavy atom. The molecule has 0 atom stereocenters. The van der Waals surface area contributed by atoms with Gasteiger partial charge in [0.2, 0.25) is 11.8 Å². The number of pyridine rings is 1. The lowest BCUT2D eigenvalue weighted by atomic mass is 10.1. The van der Waals surface area contributed by atoms with Crippen LogP contribution in [0.25, 0.3) is 22.6 Å². The summed E-state index contributed by atoms with van der Waals surface area (Å²) in [6, 6.07) is 16.8. The fraction of sp³-hybridized carbons (Fsp3) is 0.308. The molecule has 0 unspecified atom stereocenters. The van der Waals surface area contributed by atoms with Gasteiger partial charge in [-0.1, -0.05) is 18.0 Å². The van der Waals surface area contributed by atoms with Crippen LogP contribution in [0.3, 0.4) is 0 Å². The van der Waals surface area contributed by atoms with Crippen LogP contribution in [0.1, 0.15) is 25.7 Å². The third kappa shape index (κ3) is 5.64. The molecule has 3 heterocycles. The first-order valence-corrected chi connectivity index (χ1v) is 11.8. The molecule has 2 aromatic heterocycles. The zero-order chi connectivity index (χ0) is 22.5. The Morgan fingerprint density at radius 3 is 2.55 bits per heavy atom. The number of piperidine rings is 1. The van der Waals surface area contributed by atoms with E-state index in [4.69, 9.17) is 25.5 Å². The number of ether oxygens (including phenoxy) is 2. The van der Waals surface area contributed by atoms with Crippen LogP contribution in [-0.2, 0) is 0 Å². The number of nitrogens with zero attached hydrogens (tertiary/aromatic N) is 3. The molecule has 0 aliphatic carbocycles. The average Bonchev–Trinajstić information content (AvgIpc) is 3.28. The van der Waals surface area contributed by atoms with Crippen molar-refractivity contribution in [2.75, 3.05) is 26.2 Å². The van der Waals surface area contributed by atoms with Crippen molar-refractivity contribution in [3.8, 4) is 28.8 Å². The van der Waals surface area contributed by atoms with Gasteiger partial charge >= 0.3 is 0 Å². The molecule has 0 amide bonds. The minimum Gasteiger partial charge on any atom is -0.494 e. The summed E-state index contributed by atoms with van der Waals surface area (Å²) >= 11 is 5.87. The van der Waals surface area contributed by atoms with Crippen molar-refractivity contribution in [3.05, 3.63) is 65.8 Å². The standard InChI is InChI=1S/C26H26ClN3O3/c27-20-7-12-25(28-18-20)32-22-10-11-23-24(17-22)33-26(29-23)19-5-8-21(9-6-19)31-16-4-15-30-13-2-1-3-14-30/h5-12,17-18H,1-4,13-16H2. The monoisotopic (exact) mass is 463 g/mol. The van der Waals surface area contributed by atoms with Crippen molar-refractivity contribution in [1.82, 2.24) is 14.9 Å². The predicted molar refractivity (Wildman–Crippen MR) is 129 cm³/mol. The molecule has 0 N–H and O–H groups in total. The molecular weight excluding hydrogens is 438 g/mol. The first kappa shape index (κ1) is 21.7. The number of benzene rings is 2. The Bertz CT molecular complexity index is 1190. The van der Waals surface area contributed by atoms with E-state index in [9.17, 15) is 0 Å². The van der Waals surface area contributed by atoms with E-state index in [0.29, 0.717) is 28.1 Å². The van der Waals surface area contributed by atoms with Crippen LogP contribution in [0.2, 0.25) is 5.02 Å². The zero-order valence-corrected chi connectivity index (χ0v) is 19.1. The highest BCUT2D eigenvalue weighted by Crippen LogP contribution is 2.30.